The number of amides is 3. The molecule has 1 aromatic heterocycles. The highest BCUT2D eigenvalue weighted by Crippen LogP contribution is 2.05. The number of carbonyl (C=O) groups excluding carboxylic acids is 2. The zero-order valence-electron chi connectivity index (χ0n) is 8.86. The van der Waals surface area contributed by atoms with Crippen molar-refractivity contribution in [2.45, 2.75) is 13.8 Å². The predicted octanol–water partition coefficient (Wildman–Crippen LogP) is 0.766. The number of anilines is 1. The standard InChI is InChI=1S/C8H12N4O4/c1-3-15-8(14)11-10-7(13)9-6-4-5(2)16-12-6/h4H,3H2,1-2H3,(H,11,14)(H2,9,10,12,13). The molecule has 3 amide bonds. The normalized spacial score (nSPS) is 9.38. The van der Waals surface area contributed by atoms with Gasteiger partial charge < -0.3 is 9.26 Å². The molecule has 0 saturated heterocycles. The van der Waals surface area contributed by atoms with Crippen LogP contribution in [0.15, 0.2) is 10.6 Å². The van der Waals surface area contributed by atoms with Crippen molar-refractivity contribution in [2.24, 2.45) is 0 Å². The number of urea groups is 1. The Kier molecular flexibility index (Phi) is 4.13. The van der Waals surface area contributed by atoms with Crippen LogP contribution >= 0.6 is 0 Å². The Labute approximate surface area is 91.3 Å². The average Bonchev–Trinajstić information content (AvgIpc) is 2.61. The highest BCUT2D eigenvalue weighted by molar-refractivity contribution is 5.89. The van der Waals surface area contributed by atoms with Crippen LogP contribution in [0.3, 0.4) is 0 Å². The second-order valence-corrected chi connectivity index (χ2v) is 2.75. The SMILES string of the molecule is CCOC(=O)NNC(=O)Nc1cc(C)on1. The van der Waals surface area contributed by atoms with Crippen molar-refractivity contribution in [3.8, 4) is 0 Å². The van der Waals surface area contributed by atoms with Crippen molar-refractivity contribution in [1.29, 1.82) is 0 Å². The minimum absolute atomic E-state index is 0.220. The summed E-state index contributed by atoms with van der Waals surface area (Å²) in [6, 6.07) is 0.880. The molecule has 1 aromatic rings. The molecule has 16 heavy (non-hydrogen) atoms. The van der Waals surface area contributed by atoms with Gasteiger partial charge in [0.1, 0.15) is 5.76 Å². The van der Waals surface area contributed by atoms with E-state index < -0.39 is 12.1 Å². The fraction of sp³-hybridized carbons (Fsp3) is 0.375. The van der Waals surface area contributed by atoms with Crippen LogP contribution in [0, 0.1) is 6.92 Å². The van der Waals surface area contributed by atoms with Crippen LogP contribution in [0.4, 0.5) is 15.4 Å². The third-order valence-corrected chi connectivity index (χ3v) is 1.42. The van der Waals surface area contributed by atoms with Crippen LogP contribution in [0.5, 0.6) is 0 Å². The fourth-order valence-electron chi connectivity index (χ4n) is 0.848. The zero-order chi connectivity index (χ0) is 12.0. The zero-order valence-corrected chi connectivity index (χ0v) is 8.86. The van der Waals surface area contributed by atoms with E-state index >= 15 is 0 Å². The number of ether oxygens (including phenoxy) is 1. The molecule has 0 aliphatic rings. The van der Waals surface area contributed by atoms with Gasteiger partial charge in [0, 0.05) is 6.07 Å². The molecule has 0 unspecified atom stereocenters. The first kappa shape index (κ1) is 11.8. The van der Waals surface area contributed by atoms with E-state index in [1.165, 1.54) is 6.07 Å². The number of hydrazine groups is 1. The predicted molar refractivity (Wildman–Crippen MR) is 53.6 cm³/mol. The van der Waals surface area contributed by atoms with Crippen molar-refractivity contribution in [3.05, 3.63) is 11.8 Å². The van der Waals surface area contributed by atoms with Crippen molar-refractivity contribution < 1.29 is 18.8 Å². The molecule has 0 saturated carbocycles. The third kappa shape index (κ3) is 3.86. The lowest BCUT2D eigenvalue weighted by Crippen LogP contribution is -2.44. The summed E-state index contributed by atoms with van der Waals surface area (Å²) < 4.78 is 9.24. The second kappa shape index (κ2) is 5.59. The Balaban J connectivity index is 2.28. The first-order valence-electron chi connectivity index (χ1n) is 4.55. The Morgan fingerprint density at radius 1 is 1.50 bits per heavy atom. The summed E-state index contributed by atoms with van der Waals surface area (Å²) in [6.07, 6.45) is -0.742. The molecular weight excluding hydrogens is 216 g/mol. The minimum Gasteiger partial charge on any atom is -0.449 e. The molecule has 88 valence electrons. The summed E-state index contributed by atoms with van der Waals surface area (Å²) >= 11 is 0. The molecular formula is C8H12N4O4. The molecule has 0 aromatic carbocycles. The molecule has 0 aliphatic carbocycles. The Bertz CT molecular complexity index is 376. The number of nitrogens with one attached hydrogen (secondary N) is 3. The maximum absolute atomic E-state index is 11.2. The maximum atomic E-state index is 11.2. The molecule has 3 N–H and O–H groups in total. The van der Waals surface area contributed by atoms with Crippen LogP contribution in [-0.4, -0.2) is 23.9 Å². The van der Waals surface area contributed by atoms with E-state index in [1.54, 1.807) is 13.8 Å². The highest BCUT2D eigenvalue weighted by atomic mass is 16.6. The van der Waals surface area contributed by atoms with Crippen molar-refractivity contribution in [1.82, 2.24) is 16.0 Å². The smallest absolute Gasteiger partial charge is 0.426 e. The molecule has 1 heterocycles. The van der Waals surface area contributed by atoms with Gasteiger partial charge in [0.05, 0.1) is 6.61 Å². The van der Waals surface area contributed by atoms with E-state index in [0.717, 1.165) is 0 Å². The summed E-state index contributed by atoms with van der Waals surface area (Å²) in [5, 5.41) is 5.86. The molecule has 0 aliphatic heterocycles. The van der Waals surface area contributed by atoms with Gasteiger partial charge in [0.2, 0.25) is 0 Å². The van der Waals surface area contributed by atoms with E-state index in [9.17, 15) is 9.59 Å². The number of rotatable bonds is 2. The second-order valence-electron chi connectivity index (χ2n) is 2.75. The van der Waals surface area contributed by atoms with Gasteiger partial charge >= 0.3 is 12.1 Å². The van der Waals surface area contributed by atoms with Crippen LogP contribution in [-0.2, 0) is 4.74 Å². The lowest BCUT2D eigenvalue weighted by atomic mass is 10.5. The molecule has 8 heteroatoms. The number of hydrogen-bond acceptors (Lipinski definition) is 5. The Morgan fingerprint density at radius 3 is 2.81 bits per heavy atom. The average molecular weight is 228 g/mol. The van der Waals surface area contributed by atoms with E-state index in [4.69, 9.17) is 4.52 Å². The minimum atomic E-state index is -0.742. The number of aryl methyl sites for hydroxylation is 1. The quantitative estimate of drug-likeness (QED) is 0.648. The van der Waals surface area contributed by atoms with Crippen molar-refractivity contribution in [2.75, 3.05) is 11.9 Å². The van der Waals surface area contributed by atoms with Crippen LogP contribution in [0.25, 0.3) is 0 Å². The summed E-state index contributed by atoms with van der Waals surface area (Å²) in [5.41, 5.74) is 4.10. The lowest BCUT2D eigenvalue weighted by molar-refractivity contribution is 0.148. The molecule has 8 nitrogen and oxygen atoms in total. The van der Waals surface area contributed by atoms with E-state index in [-0.39, 0.29) is 12.4 Å². The topological polar surface area (TPSA) is 105 Å². The largest absolute Gasteiger partial charge is 0.449 e. The van der Waals surface area contributed by atoms with Gasteiger partial charge in [-0.3, -0.25) is 5.32 Å². The summed E-state index contributed by atoms with van der Waals surface area (Å²) in [4.78, 5) is 22.0. The van der Waals surface area contributed by atoms with E-state index in [0.29, 0.717) is 5.76 Å². The first-order valence-corrected chi connectivity index (χ1v) is 4.55. The number of nitrogens with zero attached hydrogens (tertiary/aromatic N) is 1. The monoisotopic (exact) mass is 228 g/mol. The molecule has 1 rings (SSSR count). The molecule has 0 fully saturated rings. The van der Waals surface area contributed by atoms with E-state index in [2.05, 4.69) is 20.6 Å². The van der Waals surface area contributed by atoms with Gasteiger partial charge in [-0.2, -0.15) is 0 Å². The first-order chi connectivity index (χ1) is 7.61. The van der Waals surface area contributed by atoms with Crippen molar-refractivity contribution in [3.63, 3.8) is 0 Å². The highest BCUT2D eigenvalue weighted by Gasteiger charge is 2.06. The third-order valence-electron chi connectivity index (χ3n) is 1.42. The van der Waals surface area contributed by atoms with Gasteiger partial charge in [0.15, 0.2) is 5.82 Å². The lowest BCUT2D eigenvalue weighted by Gasteiger charge is -2.06. The molecule has 0 radical (unpaired) electrons. The van der Waals surface area contributed by atoms with Gasteiger partial charge in [-0.25, -0.2) is 20.4 Å². The summed E-state index contributed by atoms with van der Waals surface area (Å²) in [7, 11) is 0. The van der Waals surface area contributed by atoms with Crippen LogP contribution in [0.2, 0.25) is 0 Å². The van der Waals surface area contributed by atoms with Gasteiger partial charge in [-0.05, 0) is 13.8 Å². The number of aromatic nitrogens is 1. The Hall–Kier alpha value is -2.25. The van der Waals surface area contributed by atoms with Crippen molar-refractivity contribution >= 4 is 17.9 Å². The number of hydrogen-bond donors (Lipinski definition) is 3. The number of carbonyl (C=O) groups is 2. The fourth-order valence-corrected chi connectivity index (χ4v) is 0.848. The van der Waals surface area contributed by atoms with Gasteiger partial charge in [-0.1, -0.05) is 5.16 Å². The molecule has 0 spiro atoms. The maximum Gasteiger partial charge on any atom is 0.426 e. The van der Waals surface area contributed by atoms with E-state index in [1.807, 2.05) is 5.43 Å². The summed E-state index contributed by atoms with van der Waals surface area (Å²) in [5.74, 6) is 0.814. The van der Waals surface area contributed by atoms with Crippen LogP contribution in [0.1, 0.15) is 12.7 Å². The Morgan fingerprint density at radius 2 is 2.25 bits per heavy atom. The molecule has 0 bridgehead atoms. The van der Waals surface area contributed by atoms with Crippen LogP contribution < -0.4 is 16.2 Å². The molecule has 0 atom stereocenters. The summed E-state index contributed by atoms with van der Waals surface area (Å²) in [6.45, 7) is 3.56. The van der Waals surface area contributed by atoms with Gasteiger partial charge in [0.25, 0.3) is 0 Å². The van der Waals surface area contributed by atoms with Gasteiger partial charge in [-0.15, -0.1) is 0 Å².